The zero-order chi connectivity index (χ0) is 21.5. The van der Waals surface area contributed by atoms with Crippen LogP contribution < -0.4 is 10.6 Å². The summed E-state index contributed by atoms with van der Waals surface area (Å²) in [6, 6.07) is 8.38. The van der Waals surface area contributed by atoms with Gasteiger partial charge < -0.3 is 10.6 Å². The fourth-order valence-corrected chi connectivity index (χ4v) is 3.38. The van der Waals surface area contributed by atoms with Gasteiger partial charge >= 0.3 is 0 Å². The van der Waals surface area contributed by atoms with Gasteiger partial charge in [0.2, 0.25) is 11.8 Å². The Bertz CT molecular complexity index is 904. The van der Waals surface area contributed by atoms with Gasteiger partial charge in [-0.15, -0.1) is 0 Å². The molecule has 0 atom stereocenters. The van der Waals surface area contributed by atoms with Gasteiger partial charge in [0.15, 0.2) is 0 Å². The van der Waals surface area contributed by atoms with Crippen LogP contribution in [0.5, 0.6) is 0 Å². The molecule has 0 unspecified atom stereocenters. The third-order valence-corrected chi connectivity index (χ3v) is 5.58. The van der Waals surface area contributed by atoms with E-state index in [0.717, 1.165) is 22.6 Å². The predicted octanol–water partition coefficient (Wildman–Crippen LogP) is 4.84. The maximum atomic E-state index is 12.2. The van der Waals surface area contributed by atoms with Crippen LogP contribution in [0.4, 0.5) is 0 Å². The second-order valence-electron chi connectivity index (χ2n) is 8.15. The van der Waals surface area contributed by atoms with Crippen molar-refractivity contribution in [1.29, 1.82) is 0 Å². The van der Waals surface area contributed by atoms with Gasteiger partial charge in [0.1, 0.15) is 0 Å². The van der Waals surface area contributed by atoms with Crippen molar-refractivity contribution in [3.8, 4) is 0 Å². The van der Waals surface area contributed by atoms with Crippen LogP contribution in [0, 0.1) is 5.92 Å². The number of halogens is 1. The number of amides is 2. The maximum absolute atomic E-state index is 12.2. The number of nitrogens with one attached hydrogen (secondary N) is 2. The molecule has 0 aliphatic heterocycles. The minimum atomic E-state index is -0.172. The van der Waals surface area contributed by atoms with Crippen molar-refractivity contribution in [3.05, 3.63) is 75.9 Å². The average molecular weight is 425 g/mol. The first-order valence-corrected chi connectivity index (χ1v) is 10.9. The summed E-state index contributed by atoms with van der Waals surface area (Å²) in [4.78, 5) is 24.1. The van der Waals surface area contributed by atoms with E-state index in [1.807, 2.05) is 50.3 Å². The maximum Gasteiger partial charge on any atom is 0.244 e. The average Bonchev–Trinajstić information content (AvgIpc) is 3.58. The molecule has 1 saturated carbocycles. The van der Waals surface area contributed by atoms with Crippen molar-refractivity contribution in [2.75, 3.05) is 13.1 Å². The number of carbonyl (C=O) groups is 2. The molecule has 0 saturated heterocycles. The van der Waals surface area contributed by atoms with Crippen LogP contribution in [0.3, 0.4) is 0 Å². The molecule has 2 aliphatic rings. The summed E-state index contributed by atoms with van der Waals surface area (Å²) < 4.78 is 0. The lowest BCUT2D eigenvalue weighted by Gasteiger charge is -2.11. The van der Waals surface area contributed by atoms with E-state index in [2.05, 4.69) is 22.8 Å². The highest BCUT2D eigenvalue weighted by Gasteiger charge is 2.22. The van der Waals surface area contributed by atoms with Gasteiger partial charge in [0.25, 0.3) is 0 Å². The summed E-state index contributed by atoms with van der Waals surface area (Å²) in [5, 5.41) is 6.42. The van der Waals surface area contributed by atoms with Gasteiger partial charge in [0.05, 0.1) is 0 Å². The number of hydrogen-bond acceptors (Lipinski definition) is 2. The van der Waals surface area contributed by atoms with Crippen LogP contribution >= 0.6 is 11.6 Å². The molecule has 3 rings (SSSR count). The van der Waals surface area contributed by atoms with Gasteiger partial charge in [0, 0.05) is 30.1 Å². The molecular weight excluding hydrogens is 396 g/mol. The minimum absolute atomic E-state index is 0.0179. The Hall–Kier alpha value is -2.59. The molecule has 0 radical (unpaired) electrons. The summed E-state index contributed by atoms with van der Waals surface area (Å²) in [6.45, 7) is 4.53. The summed E-state index contributed by atoms with van der Waals surface area (Å²) in [5.41, 5.74) is 4.26. The molecule has 4 nitrogen and oxygen atoms in total. The molecule has 0 heterocycles. The van der Waals surface area contributed by atoms with E-state index in [1.54, 1.807) is 6.08 Å². The monoisotopic (exact) mass is 424 g/mol. The van der Waals surface area contributed by atoms with Crippen LogP contribution in [-0.4, -0.2) is 24.9 Å². The fraction of sp³-hybridized carbons (Fsp3) is 0.360. The smallest absolute Gasteiger partial charge is 0.244 e. The largest absolute Gasteiger partial charge is 0.352 e. The molecular formula is C25H29ClN2O2. The molecule has 2 N–H and O–H groups in total. The normalized spacial score (nSPS) is 16.6. The lowest BCUT2D eigenvalue weighted by molar-refractivity contribution is -0.123. The van der Waals surface area contributed by atoms with Gasteiger partial charge in [-0.2, -0.15) is 0 Å². The molecule has 2 aliphatic carbocycles. The SMILES string of the molecule is CC(C)C(=O)NCC1=CC(CNC(=O)/C=C/c2ccc(C3CC3)cc2)=C(Cl)C=CC1. The lowest BCUT2D eigenvalue weighted by atomic mass is 10.1. The van der Waals surface area contributed by atoms with E-state index in [0.29, 0.717) is 24.5 Å². The van der Waals surface area contributed by atoms with Crippen molar-refractivity contribution >= 4 is 29.5 Å². The summed E-state index contributed by atoms with van der Waals surface area (Å²) in [5.74, 6) is 0.523. The van der Waals surface area contributed by atoms with Crippen molar-refractivity contribution < 1.29 is 9.59 Å². The fourth-order valence-electron chi connectivity index (χ4n) is 3.17. The second kappa shape index (κ2) is 10.4. The first kappa shape index (κ1) is 22.1. The van der Waals surface area contributed by atoms with Crippen LogP contribution in [0.25, 0.3) is 6.08 Å². The van der Waals surface area contributed by atoms with Gasteiger partial charge in [-0.3, -0.25) is 9.59 Å². The van der Waals surface area contributed by atoms with E-state index in [9.17, 15) is 9.59 Å². The Morgan fingerprint density at radius 3 is 2.53 bits per heavy atom. The quantitative estimate of drug-likeness (QED) is 0.586. The highest BCUT2D eigenvalue weighted by atomic mass is 35.5. The third kappa shape index (κ3) is 6.74. The molecule has 0 aromatic heterocycles. The van der Waals surface area contributed by atoms with E-state index >= 15 is 0 Å². The standard InChI is InChI=1S/C25H29ClN2O2/c1-17(2)25(30)28-15-19-4-3-5-23(26)22(14-19)16-27-24(29)13-8-18-6-9-20(10-7-18)21-11-12-21/h3,5-10,13-14,17,21H,4,11-12,15-16H2,1-2H3,(H,27,29)(H,28,30)/b13-8+. The molecule has 1 aromatic carbocycles. The second-order valence-corrected chi connectivity index (χ2v) is 8.55. The Morgan fingerprint density at radius 2 is 1.87 bits per heavy atom. The number of rotatable bonds is 8. The summed E-state index contributed by atoms with van der Waals surface area (Å²) >= 11 is 6.36. The van der Waals surface area contributed by atoms with Crippen molar-refractivity contribution in [1.82, 2.24) is 10.6 Å². The Kier molecular flexibility index (Phi) is 7.69. The minimum Gasteiger partial charge on any atom is -0.352 e. The first-order chi connectivity index (χ1) is 14.4. The van der Waals surface area contributed by atoms with E-state index in [-0.39, 0.29) is 17.7 Å². The molecule has 0 bridgehead atoms. The number of hydrogen-bond donors (Lipinski definition) is 2. The van der Waals surface area contributed by atoms with Gasteiger partial charge in [-0.05, 0) is 59.6 Å². The number of benzene rings is 1. The summed E-state index contributed by atoms with van der Waals surface area (Å²) in [6.07, 6.45) is 12.4. The molecule has 1 aromatic rings. The Labute approximate surface area is 183 Å². The number of carbonyl (C=O) groups excluding carboxylic acids is 2. The van der Waals surface area contributed by atoms with Crippen LogP contribution in [0.15, 0.2) is 64.7 Å². The zero-order valence-electron chi connectivity index (χ0n) is 17.6. The predicted molar refractivity (Wildman–Crippen MR) is 123 cm³/mol. The van der Waals surface area contributed by atoms with E-state index in [1.165, 1.54) is 18.4 Å². The number of allylic oxidation sites excluding steroid dienone is 3. The van der Waals surface area contributed by atoms with Crippen molar-refractivity contribution in [3.63, 3.8) is 0 Å². The summed E-state index contributed by atoms with van der Waals surface area (Å²) in [7, 11) is 0. The third-order valence-electron chi connectivity index (χ3n) is 5.21. The lowest BCUT2D eigenvalue weighted by Crippen LogP contribution is -2.29. The highest BCUT2D eigenvalue weighted by molar-refractivity contribution is 6.31. The molecule has 1 fully saturated rings. The molecule has 158 valence electrons. The Balaban J connectivity index is 1.54. The van der Waals surface area contributed by atoms with Crippen molar-refractivity contribution in [2.24, 2.45) is 5.92 Å². The molecule has 30 heavy (non-hydrogen) atoms. The van der Waals surface area contributed by atoms with E-state index < -0.39 is 0 Å². The zero-order valence-corrected chi connectivity index (χ0v) is 18.3. The van der Waals surface area contributed by atoms with Crippen LogP contribution in [0.2, 0.25) is 0 Å². The Morgan fingerprint density at radius 1 is 1.13 bits per heavy atom. The highest BCUT2D eigenvalue weighted by Crippen LogP contribution is 2.39. The molecule has 5 heteroatoms. The van der Waals surface area contributed by atoms with Crippen molar-refractivity contribution in [2.45, 2.75) is 39.0 Å². The molecule has 2 amide bonds. The van der Waals surface area contributed by atoms with Crippen LogP contribution in [0.1, 0.15) is 50.2 Å². The van der Waals surface area contributed by atoms with E-state index in [4.69, 9.17) is 11.6 Å². The first-order valence-electron chi connectivity index (χ1n) is 10.5. The topological polar surface area (TPSA) is 58.2 Å². The van der Waals surface area contributed by atoms with Crippen LogP contribution in [-0.2, 0) is 9.59 Å². The van der Waals surface area contributed by atoms with Gasteiger partial charge in [-0.25, -0.2) is 0 Å². The molecule has 0 spiro atoms. The van der Waals surface area contributed by atoms with Gasteiger partial charge in [-0.1, -0.05) is 61.9 Å².